The predicted molar refractivity (Wildman–Crippen MR) is 69.4 cm³/mol. The fourth-order valence-electron chi connectivity index (χ4n) is 1.89. The maximum atomic E-state index is 2.60. The van der Waals surface area contributed by atoms with Crippen LogP contribution in [-0.4, -0.2) is 48.6 Å². The molecule has 2 heteroatoms. The van der Waals surface area contributed by atoms with Crippen LogP contribution in [0, 0.1) is 0 Å². The van der Waals surface area contributed by atoms with E-state index in [1.807, 2.05) is 13.8 Å². The topological polar surface area (TPSA) is 6.48 Å². The lowest BCUT2D eigenvalue weighted by Gasteiger charge is -2.36. The molecule has 0 spiro atoms. The quantitative estimate of drug-likeness (QED) is 0.710. The minimum absolute atomic E-state index is 0.730. The van der Waals surface area contributed by atoms with E-state index >= 15 is 0 Å². The van der Waals surface area contributed by atoms with Crippen molar-refractivity contribution in [3.8, 4) is 0 Å². The van der Waals surface area contributed by atoms with Crippen LogP contribution in [0.25, 0.3) is 0 Å². The summed E-state index contributed by atoms with van der Waals surface area (Å²) in [7, 11) is 0. The molecule has 0 amide bonds. The summed E-state index contributed by atoms with van der Waals surface area (Å²) in [4.78, 5) is 5.17. The van der Waals surface area contributed by atoms with E-state index in [0.29, 0.717) is 0 Å². The maximum Gasteiger partial charge on any atom is 0.0113 e. The number of nitrogens with zero attached hydrogens (tertiary/aromatic N) is 2. The molecule has 1 fully saturated rings. The average Bonchev–Trinajstić information content (AvgIpc) is 2.29. The Kier molecular flexibility index (Phi) is 9.12. The highest BCUT2D eigenvalue weighted by atomic mass is 15.3. The molecule has 0 aromatic carbocycles. The zero-order valence-corrected chi connectivity index (χ0v) is 11.4. The Morgan fingerprint density at radius 1 is 1.00 bits per heavy atom. The van der Waals surface area contributed by atoms with Gasteiger partial charge in [0.25, 0.3) is 0 Å². The Morgan fingerprint density at radius 2 is 1.53 bits per heavy atom. The van der Waals surface area contributed by atoms with E-state index in [-0.39, 0.29) is 0 Å². The second-order valence-electron chi connectivity index (χ2n) is 4.32. The van der Waals surface area contributed by atoms with Gasteiger partial charge in [-0.25, -0.2) is 0 Å². The van der Waals surface area contributed by atoms with E-state index in [9.17, 15) is 0 Å². The van der Waals surface area contributed by atoms with Crippen molar-refractivity contribution in [1.82, 2.24) is 9.80 Å². The standard InChI is InChI=1S/C11H24N2.C2H6/c1-4-5-6-12-7-9-13(10-8-12)11(2)3;1-2/h11H,4-10H2,1-3H3;1-2H3. The smallest absolute Gasteiger partial charge is 0.0113 e. The molecule has 15 heavy (non-hydrogen) atoms. The molecule has 0 saturated carbocycles. The molecule has 0 aromatic heterocycles. The lowest BCUT2D eigenvalue weighted by molar-refractivity contribution is 0.108. The zero-order valence-electron chi connectivity index (χ0n) is 11.4. The molecule has 92 valence electrons. The van der Waals surface area contributed by atoms with E-state index < -0.39 is 0 Å². The minimum atomic E-state index is 0.730. The molecule has 0 aliphatic carbocycles. The first-order valence-corrected chi connectivity index (χ1v) is 6.70. The van der Waals surface area contributed by atoms with Gasteiger partial charge in [0.2, 0.25) is 0 Å². The van der Waals surface area contributed by atoms with Crippen LogP contribution >= 0.6 is 0 Å². The first-order chi connectivity index (χ1) is 7.24. The summed E-state index contributed by atoms with van der Waals surface area (Å²) < 4.78 is 0. The number of hydrogen-bond donors (Lipinski definition) is 0. The lowest BCUT2D eigenvalue weighted by Crippen LogP contribution is -2.48. The van der Waals surface area contributed by atoms with Gasteiger partial charge in [-0.1, -0.05) is 27.2 Å². The molecule has 0 radical (unpaired) electrons. The molecule has 0 unspecified atom stereocenters. The molecule has 0 aromatic rings. The molecule has 1 saturated heterocycles. The Morgan fingerprint density at radius 3 is 1.93 bits per heavy atom. The van der Waals surface area contributed by atoms with Crippen molar-refractivity contribution in [3.05, 3.63) is 0 Å². The third-order valence-electron chi connectivity index (χ3n) is 2.97. The van der Waals surface area contributed by atoms with Crippen molar-refractivity contribution in [2.24, 2.45) is 0 Å². The van der Waals surface area contributed by atoms with Crippen LogP contribution < -0.4 is 0 Å². The van der Waals surface area contributed by atoms with Gasteiger partial charge in [0.15, 0.2) is 0 Å². The van der Waals surface area contributed by atoms with E-state index in [2.05, 4.69) is 30.6 Å². The lowest BCUT2D eigenvalue weighted by atomic mass is 10.2. The normalized spacial score (nSPS) is 18.8. The monoisotopic (exact) mass is 214 g/mol. The van der Waals surface area contributed by atoms with Crippen LogP contribution in [0.2, 0.25) is 0 Å². The summed E-state index contributed by atoms with van der Waals surface area (Å²) in [5.41, 5.74) is 0. The van der Waals surface area contributed by atoms with Crippen molar-refractivity contribution in [1.29, 1.82) is 0 Å². The SMILES string of the molecule is CC.CCCCN1CCN(C(C)C)CC1. The highest BCUT2D eigenvalue weighted by Gasteiger charge is 2.17. The van der Waals surface area contributed by atoms with Crippen LogP contribution in [0.5, 0.6) is 0 Å². The van der Waals surface area contributed by atoms with Crippen LogP contribution in [0.15, 0.2) is 0 Å². The van der Waals surface area contributed by atoms with E-state index in [4.69, 9.17) is 0 Å². The largest absolute Gasteiger partial charge is 0.301 e. The van der Waals surface area contributed by atoms with Crippen molar-refractivity contribution in [2.75, 3.05) is 32.7 Å². The van der Waals surface area contributed by atoms with E-state index in [1.165, 1.54) is 45.6 Å². The van der Waals surface area contributed by atoms with E-state index in [0.717, 1.165) is 6.04 Å². The average molecular weight is 214 g/mol. The number of hydrogen-bond acceptors (Lipinski definition) is 2. The Bertz CT molecular complexity index is 126. The summed E-state index contributed by atoms with van der Waals surface area (Å²) in [5.74, 6) is 0. The molecular formula is C13H30N2. The molecule has 0 bridgehead atoms. The van der Waals surface area contributed by atoms with Gasteiger partial charge in [-0.05, 0) is 26.8 Å². The Labute approximate surface area is 96.6 Å². The van der Waals surface area contributed by atoms with Crippen molar-refractivity contribution >= 4 is 0 Å². The summed E-state index contributed by atoms with van der Waals surface area (Å²) in [5, 5.41) is 0. The number of piperazine rings is 1. The van der Waals surface area contributed by atoms with Crippen molar-refractivity contribution < 1.29 is 0 Å². The second-order valence-corrected chi connectivity index (χ2v) is 4.32. The van der Waals surface area contributed by atoms with Gasteiger partial charge in [0, 0.05) is 32.2 Å². The number of unbranched alkanes of at least 4 members (excludes halogenated alkanes) is 1. The first kappa shape index (κ1) is 14.9. The van der Waals surface area contributed by atoms with Gasteiger partial charge in [0.05, 0.1) is 0 Å². The highest BCUT2D eigenvalue weighted by Crippen LogP contribution is 2.06. The van der Waals surface area contributed by atoms with Crippen LogP contribution in [0.4, 0.5) is 0 Å². The zero-order chi connectivity index (χ0) is 11.7. The third-order valence-corrected chi connectivity index (χ3v) is 2.97. The fraction of sp³-hybridized carbons (Fsp3) is 1.00. The summed E-state index contributed by atoms with van der Waals surface area (Å²) >= 11 is 0. The van der Waals surface area contributed by atoms with Gasteiger partial charge < -0.3 is 4.90 Å². The minimum Gasteiger partial charge on any atom is -0.301 e. The summed E-state index contributed by atoms with van der Waals surface area (Å²) in [6.45, 7) is 17.2. The Balaban J connectivity index is 0.000000921. The van der Waals surface area contributed by atoms with Gasteiger partial charge >= 0.3 is 0 Å². The van der Waals surface area contributed by atoms with E-state index in [1.54, 1.807) is 0 Å². The van der Waals surface area contributed by atoms with Crippen LogP contribution in [0.3, 0.4) is 0 Å². The van der Waals surface area contributed by atoms with Crippen molar-refractivity contribution in [2.45, 2.75) is 53.5 Å². The highest BCUT2D eigenvalue weighted by molar-refractivity contribution is 4.73. The van der Waals surface area contributed by atoms with Crippen LogP contribution in [0.1, 0.15) is 47.5 Å². The molecule has 2 nitrogen and oxygen atoms in total. The van der Waals surface area contributed by atoms with Crippen molar-refractivity contribution in [3.63, 3.8) is 0 Å². The van der Waals surface area contributed by atoms with Gasteiger partial charge in [-0.2, -0.15) is 0 Å². The van der Waals surface area contributed by atoms with Gasteiger partial charge in [-0.15, -0.1) is 0 Å². The van der Waals surface area contributed by atoms with Gasteiger partial charge in [-0.3, -0.25) is 4.90 Å². The Hall–Kier alpha value is -0.0800. The second kappa shape index (κ2) is 9.17. The number of rotatable bonds is 4. The summed E-state index contributed by atoms with van der Waals surface area (Å²) in [6, 6.07) is 0.730. The maximum absolute atomic E-state index is 2.60. The molecule has 1 aliphatic rings. The van der Waals surface area contributed by atoms with Gasteiger partial charge in [0.1, 0.15) is 0 Å². The molecule has 1 heterocycles. The fourth-order valence-corrected chi connectivity index (χ4v) is 1.89. The predicted octanol–water partition coefficient (Wildman–Crippen LogP) is 2.84. The third kappa shape index (κ3) is 6.16. The molecule has 1 rings (SSSR count). The molecule has 0 N–H and O–H groups in total. The van der Waals surface area contributed by atoms with Crippen LogP contribution in [-0.2, 0) is 0 Å². The molecule has 1 aliphatic heterocycles. The molecule has 0 atom stereocenters. The summed E-state index contributed by atoms with van der Waals surface area (Å²) in [6.07, 6.45) is 2.69. The molecular weight excluding hydrogens is 184 g/mol. The first-order valence-electron chi connectivity index (χ1n) is 6.70.